The molecule has 0 amide bonds. The maximum absolute atomic E-state index is 12.1. The van der Waals surface area contributed by atoms with E-state index in [0.717, 1.165) is 12.0 Å². The van der Waals surface area contributed by atoms with Crippen molar-refractivity contribution in [2.75, 3.05) is 13.2 Å². The van der Waals surface area contributed by atoms with Crippen LogP contribution in [0, 0.1) is 0 Å². The van der Waals surface area contributed by atoms with Gasteiger partial charge in [-0.05, 0) is 18.6 Å². The van der Waals surface area contributed by atoms with Gasteiger partial charge in [0.15, 0.2) is 6.29 Å². The molecule has 4 heteroatoms. The lowest BCUT2D eigenvalue weighted by Gasteiger charge is -2.23. The zero-order chi connectivity index (χ0) is 13.1. The summed E-state index contributed by atoms with van der Waals surface area (Å²) >= 11 is 0. The first kappa shape index (κ1) is 12.1. The summed E-state index contributed by atoms with van der Waals surface area (Å²) in [6.07, 6.45) is 2.37. The Hall–Kier alpha value is -1.91. The summed E-state index contributed by atoms with van der Waals surface area (Å²) in [5, 5.41) is 0. The molecule has 0 aliphatic carbocycles. The van der Waals surface area contributed by atoms with Gasteiger partial charge >= 0.3 is 0 Å². The van der Waals surface area contributed by atoms with Gasteiger partial charge in [0.25, 0.3) is 0 Å². The van der Waals surface area contributed by atoms with Crippen LogP contribution in [0.25, 0.3) is 0 Å². The summed E-state index contributed by atoms with van der Waals surface area (Å²) in [6, 6.07) is 11.0. The SMILES string of the molecule is O=C(c1ccc(C2OCCCO2)cc1)c1ccc[nH]1. The summed E-state index contributed by atoms with van der Waals surface area (Å²) in [4.78, 5) is 15.0. The lowest BCUT2D eigenvalue weighted by atomic mass is 10.1. The number of aromatic nitrogens is 1. The lowest BCUT2D eigenvalue weighted by molar-refractivity contribution is -0.183. The van der Waals surface area contributed by atoms with E-state index in [9.17, 15) is 4.79 Å². The van der Waals surface area contributed by atoms with Crippen LogP contribution in [0.4, 0.5) is 0 Å². The standard InChI is InChI=1S/C15H15NO3/c17-14(13-3-1-8-16-13)11-4-6-12(7-5-11)15-18-9-2-10-19-15/h1,3-8,15-16H,2,9-10H2. The second-order valence-electron chi connectivity index (χ2n) is 4.46. The van der Waals surface area contributed by atoms with Crippen molar-refractivity contribution in [3.63, 3.8) is 0 Å². The number of hydrogen-bond acceptors (Lipinski definition) is 3. The van der Waals surface area contributed by atoms with Gasteiger partial charge in [-0.2, -0.15) is 0 Å². The molecule has 3 rings (SSSR count). The van der Waals surface area contributed by atoms with Gasteiger partial charge in [-0.3, -0.25) is 4.79 Å². The van der Waals surface area contributed by atoms with Crippen LogP contribution in [-0.4, -0.2) is 24.0 Å². The Balaban J connectivity index is 1.77. The van der Waals surface area contributed by atoms with Gasteiger partial charge in [0, 0.05) is 17.3 Å². The molecule has 0 bridgehead atoms. The summed E-state index contributed by atoms with van der Waals surface area (Å²) in [6.45, 7) is 1.43. The van der Waals surface area contributed by atoms with Gasteiger partial charge < -0.3 is 14.5 Å². The van der Waals surface area contributed by atoms with Gasteiger partial charge in [-0.15, -0.1) is 0 Å². The first-order chi connectivity index (χ1) is 9.34. The van der Waals surface area contributed by atoms with Crippen molar-refractivity contribution >= 4 is 5.78 Å². The third-order valence-electron chi connectivity index (χ3n) is 3.11. The van der Waals surface area contributed by atoms with Gasteiger partial charge in [-0.25, -0.2) is 0 Å². The molecule has 1 aromatic heterocycles. The number of hydrogen-bond donors (Lipinski definition) is 1. The van der Waals surface area contributed by atoms with Crippen LogP contribution in [0.15, 0.2) is 42.6 Å². The monoisotopic (exact) mass is 257 g/mol. The number of carbonyl (C=O) groups is 1. The fraction of sp³-hybridized carbons (Fsp3) is 0.267. The highest BCUT2D eigenvalue weighted by atomic mass is 16.7. The molecule has 0 atom stereocenters. The molecule has 1 aromatic carbocycles. The molecule has 2 aromatic rings. The molecule has 0 radical (unpaired) electrons. The number of rotatable bonds is 3. The zero-order valence-electron chi connectivity index (χ0n) is 10.5. The Morgan fingerprint density at radius 2 is 1.84 bits per heavy atom. The third-order valence-corrected chi connectivity index (χ3v) is 3.11. The third kappa shape index (κ3) is 2.59. The van der Waals surface area contributed by atoms with Crippen LogP contribution in [0.3, 0.4) is 0 Å². The van der Waals surface area contributed by atoms with Gasteiger partial charge in [0.1, 0.15) is 0 Å². The molecular weight excluding hydrogens is 242 g/mol. The van der Waals surface area contributed by atoms with Crippen LogP contribution in [0.5, 0.6) is 0 Å². The number of H-pyrrole nitrogens is 1. The van der Waals surface area contributed by atoms with Crippen molar-refractivity contribution in [1.29, 1.82) is 0 Å². The van der Waals surface area contributed by atoms with E-state index in [4.69, 9.17) is 9.47 Å². The number of benzene rings is 1. The molecule has 1 aliphatic rings. The van der Waals surface area contributed by atoms with Crippen molar-refractivity contribution in [2.24, 2.45) is 0 Å². The number of nitrogens with one attached hydrogen (secondary N) is 1. The minimum atomic E-state index is -0.302. The van der Waals surface area contributed by atoms with E-state index in [2.05, 4.69) is 4.98 Å². The quantitative estimate of drug-likeness (QED) is 0.860. The minimum absolute atomic E-state index is 0.0120. The Kier molecular flexibility index (Phi) is 3.44. The minimum Gasteiger partial charge on any atom is -0.359 e. The highest BCUT2D eigenvalue weighted by Gasteiger charge is 2.17. The molecule has 1 N–H and O–H groups in total. The molecule has 1 aliphatic heterocycles. The number of aromatic amines is 1. The largest absolute Gasteiger partial charge is 0.359 e. The topological polar surface area (TPSA) is 51.3 Å². The van der Waals surface area contributed by atoms with Crippen LogP contribution in [-0.2, 0) is 9.47 Å². The number of ketones is 1. The second kappa shape index (κ2) is 5.38. The molecule has 4 nitrogen and oxygen atoms in total. The lowest BCUT2D eigenvalue weighted by Crippen LogP contribution is -2.17. The average Bonchev–Trinajstić information content (AvgIpc) is 3.02. The second-order valence-corrected chi connectivity index (χ2v) is 4.46. The Morgan fingerprint density at radius 3 is 2.47 bits per heavy atom. The maximum Gasteiger partial charge on any atom is 0.209 e. The summed E-state index contributed by atoms with van der Waals surface area (Å²) in [5.41, 5.74) is 2.20. The number of carbonyl (C=O) groups excluding carboxylic acids is 1. The maximum atomic E-state index is 12.1. The van der Waals surface area contributed by atoms with Crippen molar-refractivity contribution in [3.05, 3.63) is 59.4 Å². The van der Waals surface area contributed by atoms with Crippen LogP contribution in [0.2, 0.25) is 0 Å². The van der Waals surface area contributed by atoms with Crippen LogP contribution in [0.1, 0.15) is 34.3 Å². The molecule has 1 fully saturated rings. The fourth-order valence-corrected chi connectivity index (χ4v) is 2.10. The smallest absolute Gasteiger partial charge is 0.209 e. The van der Waals surface area contributed by atoms with Gasteiger partial charge in [0.05, 0.1) is 18.9 Å². The molecule has 1 saturated heterocycles. The summed E-state index contributed by atoms with van der Waals surface area (Å²) in [7, 11) is 0. The molecule has 19 heavy (non-hydrogen) atoms. The van der Waals surface area contributed by atoms with Crippen molar-refractivity contribution < 1.29 is 14.3 Å². The predicted octanol–water partition coefficient (Wildman–Crippen LogP) is 2.68. The van der Waals surface area contributed by atoms with Crippen LogP contribution >= 0.6 is 0 Å². The highest BCUT2D eigenvalue weighted by Crippen LogP contribution is 2.23. The Bertz CT molecular complexity index is 539. The fourth-order valence-electron chi connectivity index (χ4n) is 2.10. The first-order valence-corrected chi connectivity index (χ1v) is 6.36. The summed E-state index contributed by atoms with van der Waals surface area (Å²) < 4.78 is 11.0. The van der Waals surface area contributed by atoms with Crippen molar-refractivity contribution in [2.45, 2.75) is 12.7 Å². The molecule has 0 spiro atoms. The zero-order valence-corrected chi connectivity index (χ0v) is 10.5. The van der Waals surface area contributed by atoms with E-state index in [-0.39, 0.29) is 12.1 Å². The number of ether oxygens (including phenoxy) is 2. The normalized spacial score (nSPS) is 16.4. The Morgan fingerprint density at radius 1 is 1.11 bits per heavy atom. The Labute approximate surface area is 111 Å². The van der Waals surface area contributed by atoms with Crippen LogP contribution < -0.4 is 0 Å². The van der Waals surface area contributed by atoms with Gasteiger partial charge in [-0.1, -0.05) is 24.3 Å². The van der Waals surface area contributed by atoms with Crippen molar-refractivity contribution in [1.82, 2.24) is 4.98 Å². The molecule has 0 saturated carbocycles. The van der Waals surface area contributed by atoms with E-state index in [1.165, 1.54) is 0 Å². The molecule has 2 heterocycles. The van der Waals surface area contributed by atoms with Crippen molar-refractivity contribution in [3.8, 4) is 0 Å². The van der Waals surface area contributed by atoms with E-state index < -0.39 is 0 Å². The van der Waals surface area contributed by atoms with E-state index in [1.807, 2.05) is 18.2 Å². The first-order valence-electron chi connectivity index (χ1n) is 6.36. The molecular formula is C15H15NO3. The van der Waals surface area contributed by atoms with E-state index >= 15 is 0 Å². The van der Waals surface area contributed by atoms with E-state index in [0.29, 0.717) is 24.5 Å². The molecule has 0 unspecified atom stereocenters. The van der Waals surface area contributed by atoms with E-state index in [1.54, 1.807) is 24.4 Å². The predicted molar refractivity (Wildman–Crippen MR) is 69.9 cm³/mol. The van der Waals surface area contributed by atoms with Gasteiger partial charge in [0.2, 0.25) is 5.78 Å². The summed E-state index contributed by atoms with van der Waals surface area (Å²) in [5.74, 6) is -0.0120. The highest BCUT2D eigenvalue weighted by molar-refractivity contribution is 6.07. The average molecular weight is 257 g/mol. The molecule has 98 valence electrons.